The second-order valence-electron chi connectivity index (χ2n) is 3.38. The molecule has 0 radical (unpaired) electrons. The standard InChI is InChI=1S/C7H15O3P/c1-6-5-7(2,3)10-11(8-4)9-6/h6H,5H2,1-4H3. The Hall–Kier alpha value is 0.310. The highest BCUT2D eigenvalue weighted by atomic mass is 31.2. The van der Waals surface area contributed by atoms with E-state index in [1.165, 1.54) is 0 Å². The van der Waals surface area contributed by atoms with Crippen LogP contribution in [0.4, 0.5) is 0 Å². The van der Waals surface area contributed by atoms with Crippen LogP contribution in [0, 0.1) is 0 Å². The molecule has 2 unspecified atom stereocenters. The summed E-state index contributed by atoms with van der Waals surface area (Å²) >= 11 is 0. The largest absolute Gasteiger partial charge is 0.333 e. The second-order valence-corrected chi connectivity index (χ2v) is 4.58. The fourth-order valence-electron chi connectivity index (χ4n) is 1.22. The Morgan fingerprint density at radius 2 is 2.18 bits per heavy atom. The molecule has 66 valence electrons. The van der Waals surface area contributed by atoms with Crippen molar-refractivity contribution in [3.63, 3.8) is 0 Å². The van der Waals surface area contributed by atoms with Gasteiger partial charge in [-0.15, -0.1) is 0 Å². The fraction of sp³-hybridized carbons (Fsp3) is 1.00. The van der Waals surface area contributed by atoms with Crippen molar-refractivity contribution >= 4 is 8.60 Å². The molecule has 11 heavy (non-hydrogen) atoms. The molecule has 0 amide bonds. The van der Waals surface area contributed by atoms with E-state index < -0.39 is 8.60 Å². The average molecular weight is 178 g/mol. The van der Waals surface area contributed by atoms with Crippen LogP contribution in [0.5, 0.6) is 0 Å². The van der Waals surface area contributed by atoms with Crippen molar-refractivity contribution in [3.05, 3.63) is 0 Å². The molecule has 0 aromatic carbocycles. The van der Waals surface area contributed by atoms with Crippen LogP contribution in [-0.4, -0.2) is 18.8 Å². The summed E-state index contributed by atoms with van der Waals surface area (Å²) in [5, 5.41) is 0. The van der Waals surface area contributed by atoms with Crippen molar-refractivity contribution < 1.29 is 13.6 Å². The van der Waals surface area contributed by atoms with Gasteiger partial charge in [-0.1, -0.05) is 0 Å². The summed E-state index contributed by atoms with van der Waals surface area (Å²) in [4.78, 5) is 0. The Labute approximate surface area is 69.0 Å². The summed E-state index contributed by atoms with van der Waals surface area (Å²) in [5.41, 5.74) is -0.0978. The number of hydrogen-bond donors (Lipinski definition) is 0. The molecule has 0 aromatic rings. The van der Waals surface area contributed by atoms with Crippen molar-refractivity contribution in [3.8, 4) is 0 Å². The highest BCUT2D eigenvalue weighted by molar-refractivity contribution is 7.41. The normalized spacial score (nSPS) is 37.1. The lowest BCUT2D eigenvalue weighted by molar-refractivity contribution is -0.0195. The zero-order valence-corrected chi connectivity index (χ0v) is 8.35. The summed E-state index contributed by atoms with van der Waals surface area (Å²) in [6.45, 7) is 6.15. The molecule has 0 bridgehead atoms. The number of hydrogen-bond acceptors (Lipinski definition) is 3. The lowest BCUT2D eigenvalue weighted by Crippen LogP contribution is -2.33. The van der Waals surface area contributed by atoms with Crippen LogP contribution in [0.25, 0.3) is 0 Å². The van der Waals surface area contributed by atoms with E-state index in [9.17, 15) is 0 Å². The molecule has 1 rings (SSSR count). The van der Waals surface area contributed by atoms with Gasteiger partial charge in [0, 0.05) is 13.5 Å². The summed E-state index contributed by atoms with van der Waals surface area (Å²) in [5.74, 6) is 0. The zero-order valence-electron chi connectivity index (χ0n) is 7.46. The lowest BCUT2D eigenvalue weighted by Gasteiger charge is -2.36. The highest BCUT2D eigenvalue weighted by Gasteiger charge is 2.34. The topological polar surface area (TPSA) is 27.7 Å². The third kappa shape index (κ3) is 2.68. The summed E-state index contributed by atoms with van der Waals surface area (Å²) in [7, 11) is 0.514. The minimum atomic E-state index is -1.10. The second kappa shape index (κ2) is 3.36. The van der Waals surface area contributed by atoms with E-state index in [1.54, 1.807) is 7.11 Å². The van der Waals surface area contributed by atoms with Crippen LogP contribution in [0.15, 0.2) is 0 Å². The van der Waals surface area contributed by atoms with Crippen molar-refractivity contribution in [1.82, 2.24) is 0 Å². The maximum absolute atomic E-state index is 5.51. The van der Waals surface area contributed by atoms with Gasteiger partial charge in [-0.3, -0.25) is 0 Å². The Kier molecular flexibility index (Phi) is 2.87. The quantitative estimate of drug-likeness (QED) is 0.577. The van der Waals surface area contributed by atoms with E-state index in [0.29, 0.717) is 0 Å². The minimum absolute atomic E-state index is 0.0978. The van der Waals surface area contributed by atoms with Gasteiger partial charge >= 0.3 is 8.60 Å². The van der Waals surface area contributed by atoms with Gasteiger partial charge in [-0.2, -0.15) is 0 Å². The fourth-order valence-corrected chi connectivity index (χ4v) is 2.27. The first kappa shape index (κ1) is 9.40. The molecule has 1 fully saturated rings. The van der Waals surface area contributed by atoms with E-state index >= 15 is 0 Å². The van der Waals surface area contributed by atoms with Gasteiger partial charge in [0.05, 0.1) is 11.7 Å². The molecule has 1 heterocycles. The van der Waals surface area contributed by atoms with Gasteiger partial charge in [0.15, 0.2) is 0 Å². The van der Waals surface area contributed by atoms with E-state index in [-0.39, 0.29) is 11.7 Å². The monoisotopic (exact) mass is 178 g/mol. The van der Waals surface area contributed by atoms with Crippen LogP contribution in [-0.2, 0) is 13.6 Å². The first-order chi connectivity index (χ1) is 5.03. The molecule has 4 heteroatoms. The molecule has 0 aliphatic carbocycles. The molecular formula is C7H15O3P. The third-order valence-electron chi connectivity index (χ3n) is 1.52. The van der Waals surface area contributed by atoms with Crippen LogP contribution in [0.1, 0.15) is 27.2 Å². The Bertz CT molecular complexity index is 138. The van der Waals surface area contributed by atoms with Crippen LogP contribution < -0.4 is 0 Å². The van der Waals surface area contributed by atoms with Gasteiger partial charge < -0.3 is 13.6 Å². The molecule has 3 nitrogen and oxygen atoms in total. The van der Waals surface area contributed by atoms with Crippen LogP contribution in [0.3, 0.4) is 0 Å². The molecule has 1 saturated heterocycles. The van der Waals surface area contributed by atoms with Gasteiger partial charge in [0.25, 0.3) is 0 Å². The maximum atomic E-state index is 5.51. The van der Waals surface area contributed by atoms with E-state index in [4.69, 9.17) is 13.6 Å². The van der Waals surface area contributed by atoms with Gasteiger partial charge in [-0.05, 0) is 20.8 Å². The highest BCUT2D eigenvalue weighted by Crippen LogP contribution is 2.50. The van der Waals surface area contributed by atoms with E-state index in [0.717, 1.165) is 6.42 Å². The molecule has 1 aliphatic heterocycles. The molecule has 0 aromatic heterocycles. The molecule has 0 spiro atoms. The zero-order chi connectivity index (χ0) is 8.48. The maximum Gasteiger partial charge on any atom is 0.333 e. The SMILES string of the molecule is COP1OC(C)CC(C)(C)O1. The first-order valence-electron chi connectivity index (χ1n) is 3.73. The van der Waals surface area contributed by atoms with Gasteiger partial charge in [0.2, 0.25) is 0 Å². The summed E-state index contributed by atoms with van der Waals surface area (Å²) in [6.07, 6.45) is 1.17. The van der Waals surface area contributed by atoms with Gasteiger partial charge in [0.1, 0.15) is 0 Å². The Morgan fingerprint density at radius 1 is 1.55 bits per heavy atom. The van der Waals surface area contributed by atoms with Crippen molar-refractivity contribution in [2.45, 2.75) is 38.9 Å². The predicted molar refractivity (Wildman–Crippen MR) is 44.3 cm³/mol. The van der Waals surface area contributed by atoms with Crippen molar-refractivity contribution in [1.29, 1.82) is 0 Å². The van der Waals surface area contributed by atoms with Crippen LogP contribution >= 0.6 is 8.60 Å². The third-order valence-corrected chi connectivity index (χ3v) is 2.99. The van der Waals surface area contributed by atoms with E-state index in [2.05, 4.69) is 13.8 Å². The van der Waals surface area contributed by atoms with E-state index in [1.807, 2.05) is 6.92 Å². The van der Waals surface area contributed by atoms with Crippen LogP contribution in [0.2, 0.25) is 0 Å². The van der Waals surface area contributed by atoms with Gasteiger partial charge in [-0.25, -0.2) is 0 Å². The molecule has 0 saturated carbocycles. The Morgan fingerprint density at radius 3 is 2.64 bits per heavy atom. The Balaban J connectivity index is 2.51. The van der Waals surface area contributed by atoms with Crippen molar-refractivity contribution in [2.24, 2.45) is 0 Å². The predicted octanol–water partition coefficient (Wildman–Crippen LogP) is 2.46. The smallest absolute Gasteiger partial charge is 0.316 e. The summed E-state index contributed by atoms with van der Waals surface area (Å²) < 4.78 is 15.9. The molecular weight excluding hydrogens is 163 g/mol. The average Bonchev–Trinajstić information content (AvgIpc) is 1.83. The van der Waals surface area contributed by atoms with Crippen molar-refractivity contribution in [2.75, 3.05) is 7.11 Å². The summed E-state index contributed by atoms with van der Waals surface area (Å²) in [6, 6.07) is 0. The molecule has 1 aliphatic rings. The number of rotatable bonds is 1. The molecule has 0 N–H and O–H groups in total. The first-order valence-corrected chi connectivity index (χ1v) is 4.83. The molecule has 2 atom stereocenters. The minimum Gasteiger partial charge on any atom is -0.316 e. The lowest BCUT2D eigenvalue weighted by atomic mass is 10.0.